The molecule has 32 heavy (non-hydrogen) atoms. The highest BCUT2D eigenvalue weighted by Gasteiger charge is 2.24. The largest absolute Gasteiger partial charge is 0.484 e. The Labute approximate surface area is 194 Å². The number of halogens is 1. The Hall–Kier alpha value is -2.56. The quantitative estimate of drug-likeness (QED) is 0.528. The lowest BCUT2D eigenvalue weighted by molar-refractivity contribution is -0.123. The van der Waals surface area contributed by atoms with Crippen molar-refractivity contribution in [3.05, 3.63) is 71.4 Å². The van der Waals surface area contributed by atoms with Crippen molar-refractivity contribution in [2.75, 3.05) is 23.7 Å². The zero-order valence-corrected chi connectivity index (χ0v) is 19.6. The Morgan fingerprint density at radius 2 is 2.00 bits per heavy atom. The van der Waals surface area contributed by atoms with Gasteiger partial charge in [-0.05, 0) is 65.9 Å². The van der Waals surface area contributed by atoms with E-state index < -0.39 is 10.0 Å². The van der Waals surface area contributed by atoms with E-state index in [0.717, 1.165) is 27.5 Å². The van der Waals surface area contributed by atoms with Crippen molar-refractivity contribution in [3.8, 4) is 5.75 Å². The van der Waals surface area contributed by atoms with E-state index in [0.29, 0.717) is 17.9 Å². The average Bonchev–Trinajstić information content (AvgIpc) is 3.34. The second kappa shape index (κ2) is 9.51. The van der Waals surface area contributed by atoms with Gasteiger partial charge in [-0.2, -0.15) is 0 Å². The topological polar surface area (TPSA) is 75.7 Å². The molecule has 0 unspecified atom stereocenters. The number of hydrogen-bond acceptors (Lipinski definition) is 6. The summed E-state index contributed by atoms with van der Waals surface area (Å²) in [6.07, 6.45) is 0.715. The molecule has 1 N–H and O–H groups in total. The summed E-state index contributed by atoms with van der Waals surface area (Å²) in [6, 6.07) is 14.1. The van der Waals surface area contributed by atoms with E-state index in [4.69, 9.17) is 4.74 Å². The normalized spacial score (nSPS) is 15.6. The number of hydrogen-bond donors (Lipinski definition) is 1. The summed E-state index contributed by atoms with van der Waals surface area (Å²) >= 11 is 2.80. The number of carbonyl (C=O) groups excluding carboxylic acids is 1. The maximum atomic E-state index is 13.6. The third-order valence-corrected chi connectivity index (χ3v) is 9.31. The van der Waals surface area contributed by atoms with Gasteiger partial charge in [0.2, 0.25) is 0 Å². The third-order valence-electron chi connectivity index (χ3n) is 5.03. The highest BCUT2D eigenvalue weighted by Crippen LogP contribution is 2.36. The summed E-state index contributed by atoms with van der Waals surface area (Å²) in [5.41, 5.74) is 1.27. The molecule has 0 saturated heterocycles. The van der Waals surface area contributed by atoms with E-state index in [1.54, 1.807) is 59.6 Å². The van der Waals surface area contributed by atoms with E-state index in [1.165, 1.54) is 23.5 Å². The fourth-order valence-electron chi connectivity index (χ4n) is 3.34. The molecule has 168 valence electrons. The number of nitrogens with zero attached hydrogens (tertiary/aromatic N) is 1. The molecule has 0 saturated carbocycles. The zero-order chi connectivity index (χ0) is 22.7. The van der Waals surface area contributed by atoms with Crippen LogP contribution in [-0.4, -0.2) is 33.7 Å². The summed E-state index contributed by atoms with van der Waals surface area (Å²) in [7, 11) is -2.13. The van der Waals surface area contributed by atoms with Crippen molar-refractivity contribution in [1.82, 2.24) is 5.32 Å². The lowest BCUT2D eigenvalue weighted by Gasteiger charge is -2.26. The van der Waals surface area contributed by atoms with Crippen LogP contribution in [-0.2, 0) is 14.8 Å². The van der Waals surface area contributed by atoms with Gasteiger partial charge in [-0.15, -0.1) is 23.1 Å². The molecule has 6 nitrogen and oxygen atoms in total. The molecule has 1 aromatic heterocycles. The molecule has 2 aromatic carbocycles. The van der Waals surface area contributed by atoms with Gasteiger partial charge in [0, 0.05) is 17.7 Å². The standard InChI is InChI=1S/C22H21FN2O4S3/c1-25(32(27,28)22-3-2-11-31-22)16-5-7-17(8-6-16)29-14-21(26)24-19-10-12-30-20-9-4-15(23)13-18(19)20/h2-9,11,13,19H,10,12,14H2,1H3,(H,24,26)/t19-/m0/s1. The number of anilines is 1. The van der Waals surface area contributed by atoms with Crippen molar-refractivity contribution in [2.45, 2.75) is 21.6 Å². The Balaban J connectivity index is 1.35. The maximum absolute atomic E-state index is 13.6. The first-order chi connectivity index (χ1) is 15.3. The van der Waals surface area contributed by atoms with Crippen molar-refractivity contribution in [2.24, 2.45) is 0 Å². The second-order valence-corrected chi connectivity index (χ2v) is 11.4. The summed E-state index contributed by atoms with van der Waals surface area (Å²) in [6.45, 7) is -0.197. The molecular weight excluding hydrogens is 471 g/mol. The van der Waals surface area contributed by atoms with Gasteiger partial charge in [0.05, 0.1) is 11.7 Å². The van der Waals surface area contributed by atoms with Crippen LogP contribution in [0.5, 0.6) is 5.75 Å². The zero-order valence-electron chi connectivity index (χ0n) is 17.2. The smallest absolute Gasteiger partial charge is 0.273 e. The van der Waals surface area contributed by atoms with Crippen molar-refractivity contribution in [3.63, 3.8) is 0 Å². The highest BCUT2D eigenvalue weighted by molar-refractivity contribution is 7.99. The minimum Gasteiger partial charge on any atom is -0.484 e. The molecule has 0 spiro atoms. The van der Waals surface area contributed by atoms with Gasteiger partial charge in [0.25, 0.3) is 15.9 Å². The fourth-order valence-corrected chi connectivity index (χ4v) is 6.80. The molecule has 1 amide bonds. The third kappa shape index (κ3) is 4.92. The first kappa shape index (κ1) is 22.6. The van der Waals surface area contributed by atoms with Crippen LogP contribution in [0.15, 0.2) is 69.1 Å². The van der Waals surface area contributed by atoms with E-state index in [-0.39, 0.29) is 28.6 Å². The predicted octanol–water partition coefficient (Wildman–Crippen LogP) is 4.44. The summed E-state index contributed by atoms with van der Waals surface area (Å²) in [5.74, 6) is 0.649. The van der Waals surface area contributed by atoms with Crippen LogP contribution >= 0.6 is 23.1 Å². The van der Waals surface area contributed by atoms with E-state index in [9.17, 15) is 17.6 Å². The van der Waals surface area contributed by atoms with E-state index >= 15 is 0 Å². The Kier molecular flexibility index (Phi) is 6.73. The number of thioether (sulfide) groups is 1. The van der Waals surface area contributed by atoms with Gasteiger partial charge in [-0.25, -0.2) is 12.8 Å². The Morgan fingerprint density at radius 3 is 2.72 bits per heavy atom. The van der Waals surface area contributed by atoms with Crippen LogP contribution in [0.2, 0.25) is 0 Å². The van der Waals surface area contributed by atoms with Gasteiger partial charge in [0.15, 0.2) is 6.61 Å². The number of fused-ring (bicyclic) bond motifs is 1. The molecule has 0 bridgehead atoms. The van der Waals surface area contributed by atoms with Gasteiger partial charge in [0.1, 0.15) is 15.8 Å². The maximum Gasteiger partial charge on any atom is 0.273 e. The molecule has 2 heterocycles. The molecule has 3 aromatic rings. The van der Waals surface area contributed by atoms with Crippen LogP contribution < -0.4 is 14.4 Å². The number of sulfonamides is 1. The van der Waals surface area contributed by atoms with Gasteiger partial charge in [-0.3, -0.25) is 9.10 Å². The SMILES string of the molecule is CN(c1ccc(OCC(=O)N[C@H]2CCSc3ccc(F)cc32)cc1)S(=O)(=O)c1cccs1. The fraction of sp³-hybridized carbons (Fsp3) is 0.227. The highest BCUT2D eigenvalue weighted by atomic mass is 32.2. The summed E-state index contributed by atoms with van der Waals surface area (Å²) < 4.78 is 45.9. The molecule has 1 aliphatic rings. The molecule has 0 aliphatic carbocycles. The van der Waals surface area contributed by atoms with Crippen molar-refractivity contribution < 1.29 is 22.3 Å². The monoisotopic (exact) mass is 492 g/mol. The van der Waals surface area contributed by atoms with Crippen LogP contribution in [0.25, 0.3) is 0 Å². The van der Waals surface area contributed by atoms with Crippen LogP contribution in [0.3, 0.4) is 0 Å². The van der Waals surface area contributed by atoms with Crippen molar-refractivity contribution >= 4 is 44.7 Å². The lowest BCUT2D eigenvalue weighted by Crippen LogP contribution is -2.34. The molecule has 4 rings (SSSR count). The Morgan fingerprint density at radius 1 is 1.22 bits per heavy atom. The first-order valence-corrected chi connectivity index (χ1v) is 13.1. The minimum atomic E-state index is -3.61. The van der Waals surface area contributed by atoms with Crippen molar-refractivity contribution in [1.29, 1.82) is 0 Å². The van der Waals surface area contributed by atoms with Crippen LogP contribution in [0.1, 0.15) is 18.0 Å². The number of benzene rings is 2. The molecule has 0 fully saturated rings. The number of amides is 1. The Bertz CT molecular complexity index is 1200. The summed E-state index contributed by atoms with van der Waals surface area (Å²) in [5, 5.41) is 4.62. The number of thiophene rings is 1. The van der Waals surface area contributed by atoms with Crippen LogP contribution in [0, 0.1) is 5.82 Å². The van der Waals surface area contributed by atoms with Gasteiger partial charge in [-0.1, -0.05) is 6.07 Å². The first-order valence-electron chi connectivity index (χ1n) is 9.81. The molecule has 1 aliphatic heterocycles. The number of nitrogens with one attached hydrogen (secondary N) is 1. The molecule has 1 atom stereocenters. The number of carbonyl (C=O) groups is 1. The molecular formula is C22H21FN2O4S3. The van der Waals surface area contributed by atoms with Gasteiger partial charge < -0.3 is 10.1 Å². The molecule has 10 heteroatoms. The van der Waals surface area contributed by atoms with E-state index in [2.05, 4.69) is 5.32 Å². The number of rotatable bonds is 7. The number of ether oxygens (including phenoxy) is 1. The molecule has 0 radical (unpaired) electrons. The predicted molar refractivity (Wildman–Crippen MR) is 124 cm³/mol. The van der Waals surface area contributed by atoms with E-state index in [1.807, 2.05) is 0 Å². The lowest BCUT2D eigenvalue weighted by atomic mass is 10.0. The summed E-state index contributed by atoms with van der Waals surface area (Å²) in [4.78, 5) is 13.4. The van der Waals surface area contributed by atoms with Gasteiger partial charge >= 0.3 is 0 Å². The minimum absolute atomic E-state index is 0.197. The average molecular weight is 493 g/mol. The van der Waals surface area contributed by atoms with Crippen LogP contribution in [0.4, 0.5) is 10.1 Å². The second-order valence-electron chi connectivity index (χ2n) is 7.13.